The summed E-state index contributed by atoms with van der Waals surface area (Å²) >= 11 is 11.2. The molecule has 0 saturated heterocycles. The molecule has 84 valence electrons. The predicted octanol–water partition coefficient (Wildman–Crippen LogP) is 3.22. The monoisotopic (exact) mass is 239 g/mol. The highest BCUT2D eigenvalue weighted by Crippen LogP contribution is 2.17. The Morgan fingerprint density at radius 2 is 1.50 bits per heavy atom. The summed E-state index contributed by atoms with van der Waals surface area (Å²) in [6.45, 7) is 8.12. The van der Waals surface area contributed by atoms with Crippen LogP contribution in [0.1, 0.15) is 40.5 Å². The van der Waals surface area contributed by atoms with Crippen molar-refractivity contribution in [3.63, 3.8) is 0 Å². The number of nitrogens with zero attached hydrogens (tertiary/aromatic N) is 1. The average Bonchev–Trinajstić information content (AvgIpc) is 2.16. The van der Waals surface area contributed by atoms with Crippen LogP contribution in [0.15, 0.2) is 0 Å². The number of carbonyl (C=O) groups excluding carboxylic acids is 1. The Labute approximate surface area is 96.6 Å². The maximum atomic E-state index is 11.7. The summed E-state index contributed by atoms with van der Waals surface area (Å²) in [5.74, 6) is -0.183. The number of alkyl halides is 2. The zero-order valence-electron chi connectivity index (χ0n) is 9.26. The van der Waals surface area contributed by atoms with Crippen LogP contribution < -0.4 is 0 Å². The molecule has 0 aromatic rings. The first-order chi connectivity index (χ1) is 6.45. The summed E-state index contributed by atoms with van der Waals surface area (Å²) in [5, 5.41) is 0. The van der Waals surface area contributed by atoms with Gasteiger partial charge in [0, 0.05) is 12.1 Å². The van der Waals surface area contributed by atoms with Gasteiger partial charge in [0.1, 0.15) is 0 Å². The second-order valence-corrected chi connectivity index (χ2v) is 4.66. The van der Waals surface area contributed by atoms with Crippen molar-refractivity contribution in [1.29, 1.82) is 0 Å². The van der Waals surface area contributed by atoms with Crippen molar-refractivity contribution in [2.45, 2.75) is 57.5 Å². The second kappa shape index (κ2) is 6.52. The quantitative estimate of drug-likeness (QED) is 0.675. The van der Waals surface area contributed by atoms with Gasteiger partial charge in [-0.2, -0.15) is 0 Å². The van der Waals surface area contributed by atoms with Gasteiger partial charge < -0.3 is 4.90 Å². The van der Waals surface area contributed by atoms with Crippen molar-refractivity contribution in [3.05, 3.63) is 0 Å². The SMILES string of the molecule is CCC(C)N(C(=O)C(Cl)Cl)C(C)CC. The molecule has 0 heterocycles. The third-order valence-corrected chi connectivity index (χ3v) is 2.95. The van der Waals surface area contributed by atoms with E-state index < -0.39 is 4.84 Å². The van der Waals surface area contributed by atoms with Crippen molar-refractivity contribution >= 4 is 29.1 Å². The average molecular weight is 240 g/mol. The third-order valence-electron chi connectivity index (χ3n) is 2.57. The molecular weight excluding hydrogens is 221 g/mol. The first-order valence-corrected chi connectivity index (χ1v) is 5.93. The molecule has 2 atom stereocenters. The van der Waals surface area contributed by atoms with Crippen LogP contribution in [0.2, 0.25) is 0 Å². The molecule has 0 fully saturated rings. The minimum Gasteiger partial charge on any atom is -0.335 e. The van der Waals surface area contributed by atoms with Gasteiger partial charge >= 0.3 is 0 Å². The fraction of sp³-hybridized carbons (Fsp3) is 0.900. The first-order valence-electron chi connectivity index (χ1n) is 5.05. The lowest BCUT2D eigenvalue weighted by molar-refractivity contribution is -0.133. The van der Waals surface area contributed by atoms with Crippen molar-refractivity contribution in [3.8, 4) is 0 Å². The van der Waals surface area contributed by atoms with E-state index in [2.05, 4.69) is 0 Å². The molecule has 4 heteroatoms. The number of hydrogen-bond donors (Lipinski definition) is 0. The molecule has 0 aromatic heterocycles. The molecule has 0 aliphatic heterocycles. The maximum absolute atomic E-state index is 11.7. The normalized spacial score (nSPS) is 15.4. The van der Waals surface area contributed by atoms with E-state index in [1.807, 2.05) is 27.7 Å². The van der Waals surface area contributed by atoms with Crippen LogP contribution in [-0.4, -0.2) is 27.7 Å². The Kier molecular flexibility index (Phi) is 6.54. The number of carbonyl (C=O) groups is 1. The molecule has 0 rings (SSSR count). The molecule has 0 spiro atoms. The molecule has 0 bridgehead atoms. The molecule has 14 heavy (non-hydrogen) atoms. The molecule has 0 saturated carbocycles. The lowest BCUT2D eigenvalue weighted by atomic mass is 10.1. The summed E-state index contributed by atoms with van der Waals surface area (Å²) < 4.78 is 0. The van der Waals surface area contributed by atoms with Gasteiger partial charge in [0.05, 0.1) is 0 Å². The summed E-state index contributed by atoms with van der Waals surface area (Å²) in [4.78, 5) is 12.5. The van der Waals surface area contributed by atoms with Gasteiger partial charge in [-0.3, -0.25) is 4.79 Å². The van der Waals surface area contributed by atoms with E-state index in [1.54, 1.807) is 4.90 Å². The fourth-order valence-electron chi connectivity index (χ4n) is 1.37. The van der Waals surface area contributed by atoms with Crippen LogP contribution in [-0.2, 0) is 4.79 Å². The smallest absolute Gasteiger partial charge is 0.256 e. The van der Waals surface area contributed by atoms with E-state index >= 15 is 0 Å². The van der Waals surface area contributed by atoms with Gasteiger partial charge in [0.2, 0.25) is 0 Å². The number of hydrogen-bond acceptors (Lipinski definition) is 1. The third kappa shape index (κ3) is 3.66. The highest BCUT2D eigenvalue weighted by Gasteiger charge is 2.27. The number of amides is 1. The zero-order valence-corrected chi connectivity index (χ0v) is 10.8. The lowest BCUT2D eigenvalue weighted by Crippen LogP contribution is -2.46. The van der Waals surface area contributed by atoms with Gasteiger partial charge in [-0.25, -0.2) is 0 Å². The van der Waals surface area contributed by atoms with E-state index in [1.165, 1.54) is 0 Å². The maximum Gasteiger partial charge on any atom is 0.256 e. The van der Waals surface area contributed by atoms with Crippen molar-refractivity contribution in [2.24, 2.45) is 0 Å². The van der Waals surface area contributed by atoms with Gasteiger partial charge in [-0.05, 0) is 26.7 Å². The predicted molar refractivity (Wildman–Crippen MR) is 61.8 cm³/mol. The topological polar surface area (TPSA) is 20.3 Å². The number of halogens is 2. The summed E-state index contributed by atoms with van der Waals surface area (Å²) in [6.07, 6.45) is 1.83. The van der Waals surface area contributed by atoms with Crippen LogP contribution in [0.4, 0.5) is 0 Å². The second-order valence-electron chi connectivity index (χ2n) is 3.56. The first kappa shape index (κ1) is 14.1. The van der Waals surface area contributed by atoms with Crippen molar-refractivity contribution in [2.75, 3.05) is 0 Å². The lowest BCUT2D eigenvalue weighted by Gasteiger charge is -2.34. The minimum absolute atomic E-state index is 0.183. The Morgan fingerprint density at radius 1 is 1.14 bits per heavy atom. The van der Waals surface area contributed by atoms with Crippen molar-refractivity contribution < 1.29 is 4.79 Å². The highest BCUT2D eigenvalue weighted by atomic mass is 35.5. The molecule has 0 N–H and O–H groups in total. The van der Waals surface area contributed by atoms with Crippen LogP contribution in [0.25, 0.3) is 0 Å². The molecule has 0 aliphatic rings. The molecule has 2 unspecified atom stereocenters. The molecule has 0 aromatic carbocycles. The van der Waals surface area contributed by atoms with Crippen LogP contribution in [0, 0.1) is 0 Å². The number of rotatable bonds is 5. The van der Waals surface area contributed by atoms with E-state index in [4.69, 9.17) is 23.2 Å². The standard InChI is InChI=1S/C10H19Cl2NO/c1-5-7(3)13(8(4)6-2)10(14)9(11)12/h7-9H,5-6H2,1-4H3. The Balaban J connectivity index is 4.63. The highest BCUT2D eigenvalue weighted by molar-refractivity contribution is 6.53. The molecule has 2 nitrogen and oxygen atoms in total. The summed E-state index contributed by atoms with van der Waals surface area (Å²) in [7, 11) is 0. The summed E-state index contributed by atoms with van der Waals surface area (Å²) in [5.41, 5.74) is 0. The van der Waals surface area contributed by atoms with E-state index in [9.17, 15) is 4.79 Å². The van der Waals surface area contributed by atoms with E-state index in [0.29, 0.717) is 0 Å². The van der Waals surface area contributed by atoms with Gasteiger partial charge in [0.25, 0.3) is 5.91 Å². The van der Waals surface area contributed by atoms with Crippen LogP contribution in [0.5, 0.6) is 0 Å². The van der Waals surface area contributed by atoms with Gasteiger partial charge in [-0.15, -0.1) is 0 Å². The van der Waals surface area contributed by atoms with E-state index in [-0.39, 0.29) is 18.0 Å². The van der Waals surface area contributed by atoms with Crippen LogP contribution in [0.3, 0.4) is 0 Å². The Hall–Kier alpha value is 0.0500. The molecule has 0 aliphatic carbocycles. The molecule has 1 amide bonds. The zero-order chi connectivity index (χ0) is 11.3. The Morgan fingerprint density at radius 3 is 1.71 bits per heavy atom. The van der Waals surface area contributed by atoms with E-state index in [0.717, 1.165) is 12.8 Å². The van der Waals surface area contributed by atoms with Gasteiger partial charge in [-0.1, -0.05) is 37.0 Å². The Bertz CT molecular complexity index is 175. The van der Waals surface area contributed by atoms with Crippen LogP contribution >= 0.6 is 23.2 Å². The molecule has 0 radical (unpaired) electrons. The van der Waals surface area contributed by atoms with Crippen molar-refractivity contribution in [1.82, 2.24) is 4.90 Å². The summed E-state index contributed by atoms with van der Waals surface area (Å²) in [6, 6.07) is 0.384. The van der Waals surface area contributed by atoms with Gasteiger partial charge in [0.15, 0.2) is 4.84 Å². The molecular formula is C10H19Cl2NO. The largest absolute Gasteiger partial charge is 0.335 e. The fourth-order valence-corrected chi connectivity index (χ4v) is 1.60. The minimum atomic E-state index is -0.946.